The summed E-state index contributed by atoms with van der Waals surface area (Å²) in [6.45, 7) is 0. The van der Waals surface area contributed by atoms with Crippen LogP contribution in [0.4, 0.5) is 0 Å². The average molecular weight is 400 g/mol. The summed E-state index contributed by atoms with van der Waals surface area (Å²) >= 11 is 0. The van der Waals surface area contributed by atoms with Gasteiger partial charge in [0.25, 0.3) is 0 Å². The third-order valence-corrected chi connectivity index (χ3v) is 5.73. The van der Waals surface area contributed by atoms with Gasteiger partial charge in [-0.15, -0.1) is 0 Å². The van der Waals surface area contributed by atoms with Crippen molar-refractivity contribution in [1.82, 2.24) is 0 Å². The van der Waals surface area contributed by atoms with E-state index in [1.807, 2.05) is 18.2 Å². The molecule has 0 saturated carbocycles. The molecular weight excluding hydrogens is 375 g/mol. The molecule has 0 saturated heterocycles. The Bertz CT molecular complexity index is 956. The smallest absolute Gasteiger partial charge is 0.224 e. The lowest BCUT2D eigenvalue weighted by Crippen LogP contribution is -2.74. The molecule has 1 heterocycles. The lowest BCUT2D eigenvalue weighted by atomic mass is 9.13. The Morgan fingerprint density at radius 3 is 0.774 bits per heavy atom. The van der Waals surface area contributed by atoms with Crippen LogP contribution in [-0.2, 0) is 0 Å². The zero-order chi connectivity index (χ0) is 21.2. The minimum Gasteiger partial charge on any atom is -0.224 e. The third kappa shape index (κ3) is 4.49. The lowest BCUT2D eigenvalue weighted by molar-refractivity contribution is 0.550. The average Bonchev–Trinajstić information content (AvgIpc) is 2.89. The van der Waals surface area contributed by atoms with Gasteiger partial charge in [0.05, 0.1) is 0 Å². The summed E-state index contributed by atoms with van der Waals surface area (Å²) in [6, 6.07) is 49.1. The Balaban J connectivity index is 0.000000334. The predicted molar refractivity (Wildman–Crippen MR) is 133 cm³/mol. The molecule has 1 aromatic heterocycles. The molecule has 0 atom stereocenters. The molecule has 0 spiro atoms. The van der Waals surface area contributed by atoms with Gasteiger partial charge in [0.1, 0.15) is 6.15 Å². The summed E-state index contributed by atoms with van der Waals surface area (Å²) in [5.41, 5.74) is 5.36. The highest BCUT2D eigenvalue weighted by Crippen LogP contribution is 2.09. The number of hydrogen-bond acceptors (Lipinski definition) is 0. The maximum atomic E-state index is 4.68. The van der Waals surface area contributed by atoms with Crippen molar-refractivity contribution >= 4 is 28.0 Å². The fraction of sp³-hybridized carbons (Fsp3) is 0. The second kappa shape index (κ2) is 10.2. The highest BCUT2D eigenvalue weighted by Gasteiger charge is 2.30. The minimum absolute atomic E-state index is 1.22. The van der Waals surface area contributed by atoms with E-state index in [4.69, 9.17) is 0 Å². The van der Waals surface area contributed by atoms with Gasteiger partial charge in [-0.05, 0) is 6.07 Å². The van der Waals surface area contributed by atoms with E-state index in [0.29, 0.717) is 0 Å². The van der Waals surface area contributed by atoms with Crippen LogP contribution in [0.1, 0.15) is 0 Å². The first kappa shape index (κ1) is 20.4. The second-order valence-electron chi connectivity index (χ2n) is 7.49. The summed E-state index contributed by atoms with van der Waals surface area (Å²) in [5.74, 6) is 0. The molecule has 1 nitrogen and oxygen atoms in total. The lowest BCUT2D eigenvalue weighted by Gasteiger charge is -2.44. The van der Waals surface area contributed by atoms with Gasteiger partial charge in [-0.3, -0.25) is 0 Å². The molecule has 0 bridgehead atoms. The minimum atomic E-state index is -1.22. The summed E-state index contributed by atoms with van der Waals surface area (Å²) < 4.78 is 4.68. The first-order valence-corrected chi connectivity index (χ1v) is 10.6. The van der Waals surface area contributed by atoms with E-state index in [1.165, 1.54) is 21.9 Å². The van der Waals surface area contributed by atoms with Crippen LogP contribution < -0.4 is 21.9 Å². The summed E-state index contributed by atoms with van der Waals surface area (Å²) in [6.07, 6.45) is 2.03. The molecule has 0 fully saturated rings. The van der Waals surface area contributed by atoms with Gasteiger partial charge < -0.3 is 0 Å². The Labute approximate surface area is 184 Å². The largest absolute Gasteiger partial charge is 0.317 e. The monoisotopic (exact) mass is 400 g/mol. The molecule has 0 amide bonds. The standard InChI is InChI=1S/C24H20B.C5H5O/c1-5-13-21(14-6-1)25(22-15-7-2-8-16-22,23-17-9-3-10-18-23)24-19-11-4-12-20-24;1-2-4-6-5-3-1/h1-20H;1-5H/q-1;+1. The highest BCUT2D eigenvalue weighted by molar-refractivity contribution is 7.19. The van der Waals surface area contributed by atoms with Crippen molar-refractivity contribution in [3.05, 3.63) is 152 Å². The van der Waals surface area contributed by atoms with Gasteiger partial charge in [-0.1, -0.05) is 121 Å². The van der Waals surface area contributed by atoms with Gasteiger partial charge in [-0.25, -0.2) is 4.42 Å². The Morgan fingerprint density at radius 2 is 0.581 bits per heavy atom. The molecule has 150 valence electrons. The van der Waals surface area contributed by atoms with Crippen molar-refractivity contribution in [2.45, 2.75) is 0 Å². The van der Waals surface area contributed by atoms with E-state index in [9.17, 15) is 0 Å². The Hall–Kier alpha value is -3.91. The molecule has 0 radical (unpaired) electrons. The van der Waals surface area contributed by atoms with Gasteiger partial charge in [-0.2, -0.15) is 21.9 Å². The van der Waals surface area contributed by atoms with Crippen LogP contribution in [0.5, 0.6) is 0 Å². The van der Waals surface area contributed by atoms with E-state index in [0.717, 1.165) is 0 Å². The van der Waals surface area contributed by atoms with Crippen LogP contribution in [0.2, 0.25) is 0 Å². The number of hydrogen-bond donors (Lipinski definition) is 0. The van der Waals surface area contributed by atoms with Gasteiger partial charge in [0, 0.05) is 12.1 Å². The van der Waals surface area contributed by atoms with Crippen LogP contribution in [0.15, 0.2) is 156 Å². The molecule has 0 N–H and O–H groups in total. The fourth-order valence-corrected chi connectivity index (χ4v) is 4.41. The number of rotatable bonds is 4. The van der Waals surface area contributed by atoms with Crippen molar-refractivity contribution in [1.29, 1.82) is 0 Å². The van der Waals surface area contributed by atoms with Crippen LogP contribution in [0.25, 0.3) is 0 Å². The first-order valence-electron chi connectivity index (χ1n) is 10.6. The van der Waals surface area contributed by atoms with Crippen LogP contribution in [0.3, 0.4) is 0 Å². The summed E-state index contributed by atoms with van der Waals surface area (Å²) in [5, 5.41) is 0. The third-order valence-electron chi connectivity index (χ3n) is 5.73. The molecule has 0 unspecified atom stereocenters. The fourth-order valence-electron chi connectivity index (χ4n) is 4.41. The molecule has 5 aromatic rings. The number of benzene rings is 4. The van der Waals surface area contributed by atoms with Crippen LogP contribution in [0, 0.1) is 0 Å². The van der Waals surface area contributed by atoms with E-state index in [2.05, 4.69) is 126 Å². The van der Waals surface area contributed by atoms with Crippen molar-refractivity contribution in [3.63, 3.8) is 0 Å². The van der Waals surface area contributed by atoms with Crippen molar-refractivity contribution in [2.24, 2.45) is 0 Å². The second-order valence-corrected chi connectivity index (χ2v) is 7.49. The van der Waals surface area contributed by atoms with E-state index in [1.54, 1.807) is 12.5 Å². The zero-order valence-electron chi connectivity index (χ0n) is 17.4. The maximum Gasteiger partial charge on any atom is 0.317 e. The maximum absolute atomic E-state index is 4.68. The predicted octanol–water partition coefficient (Wildman–Crippen LogP) is 4.62. The molecule has 0 aliphatic rings. The SMILES string of the molecule is c1cc[o+]cc1.c1ccc([B-](c2ccccc2)(c2ccccc2)c2ccccc2)cc1. The van der Waals surface area contributed by atoms with E-state index < -0.39 is 6.15 Å². The molecule has 31 heavy (non-hydrogen) atoms. The zero-order valence-corrected chi connectivity index (χ0v) is 17.4. The van der Waals surface area contributed by atoms with Gasteiger partial charge >= 0.3 is 12.5 Å². The summed E-state index contributed by atoms with van der Waals surface area (Å²) in [7, 11) is 0. The molecular formula is C29H25BO. The molecule has 0 aliphatic heterocycles. The quantitative estimate of drug-likeness (QED) is 0.316. The first-order chi connectivity index (χ1) is 15.4. The van der Waals surface area contributed by atoms with Gasteiger partial charge in [0.15, 0.2) is 0 Å². The van der Waals surface area contributed by atoms with Crippen LogP contribution >= 0.6 is 0 Å². The molecule has 2 heteroatoms. The Kier molecular flexibility index (Phi) is 6.72. The molecule has 5 rings (SSSR count). The highest BCUT2D eigenvalue weighted by atomic mass is 16.3. The van der Waals surface area contributed by atoms with E-state index in [-0.39, 0.29) is 0 Å². The van der Waals surface area contributed by atoms with Crippen molar-refractivity contribution in [2.75, 3.05) is 0 Å². The normalized spacial score (nSPS) is 10.6. The summed E-state index contributed by atoms with van der Waals surface area (Å²) in [4.78, 5) is 0. The van der Waals surface area contributed by atoms with Crippen molar-refractivity contribution < 1.29 is 4.42 Å². The molecule has 4 aromatic carbocycles. The van der Waals surface area contributed by atoms with Gasteiger partial charge in [0.2, 0.25) is 0 Å². The topological polar surface area (TPSA) is 11.3 Å². The van der Waals surface area contributed by atoms with Crippen LogP contribution in [-0.4, -0.2) is 6.15 Å². The van der Waals surface area contributed by atoms with Crippen molar-refractivity contribution in [3.8, 4) is 0 Å². The van der Waals surface area contributed by atoms with E-state index >= 15 is 0 Å². The molecule has 0 aliphatic carbocycles. The Morgan fingerprint density at radius 1 is 0.323 bits per heavy atom.